The van der Waals surface area contributed by atoms with Gasteiger partial charge in [0.05, 0.1) is 11.3 Å². The standard InChI is InChI=1S/C24H17ClN2O2S/c25-17-8-4-7-15(9-17)21-13-30-24(27-21)19-12-18-20(26-23(19)29)10-16(11-22(18)28)14-5-2-1-3-6-14/h1-9,12-13,16H,10-11H2,(H,26,29)/t16-/m1/s1. The summed E-state index contributed by atoms with van der Waals surface area (Å²) in [7, 11) is 0. The molecule has 0 spiro atoms. The zero-order valence-corrected chi connectivity index (χ0v) is 17.5. The number of rotatable bonds is 3. The lowest BCUT2D eigenvalue weighted by molar-refractivity contribution is 0.0963. The number of benzene rings is 2. The molecule has 4 aromatic rings. The molecule has 6 heteroatoms. The van der Waals surface area contributed by atoms with Crippen LogP contribution in [0.3, 0.4) is 0 Å². The van der Waals surface area contributed by atoms with Crippen molar-refractivity contribution in [3.8, 4) is 21.8 Å². The van der Waals surface area contributed by atoms with Crippen LogP contribution in [0.5, 0.6) is 0 Å². The zero-order valence-electron chi connectivity index (χ0n) is 15.9. The first kappa shape index (κ1) is 19.0. The third-order valence-electron chi connectivity index (χ3n) is 5.43. The van der Waals surface area contributed by atoms with Gasteiger partial charge in [-0.15, -0.1) is 11.3 Å². The number of H-pyrrole nitrogens is 1. The van der Waals surface area contributed by atoms with Crippen LogP contribution < -0.4 is 5.56 Å². The summed E-state index contributed by atoms with van der Waals surface area (Å²) in [5.74, 6) is 0.135. The predicted octanol–water partition coefficient (Wildman–Crippen LogP) is 5.73. The normalized spacial score (nSPS) is 15.8. The maximum absolute atomic E-state index is 12.9. The van der Waals surface area contributed by atoms with Crippen molar-refractivity contribution in [2.45, 2.75) is 18.8 Å². The monoisotopic (exact) mass is 432 g/mol. The molecule has 4 nitrogen and oxygen atoms in total. The van der Waals surface area contributed by atoms with Crippen molar-refractivity contribution in [2.75, 3.05) is 0 Å². The van der Waals surface area contributed by atoms with E-state index < -0.39 is 0 Å². The van der Waals surface area contributed by atoms with Gasteiger partial charge in [0.25, 0.3) is 5.56 Å². The number of carbonyl (C=O) groups is 1. The fourth-order valence-electron chi connectivity index (χ4n) is 3.93. The molecule has 2 aromatic heterocycles. The Labute approximate surface area is 182 Å². The second-order valence-corrected chi connectivity index (χ2v) is 8.69. The first-order valence-electron chi connectivity index (χ1n) is 9.64. The van der Waals surface area contributed by atoms with Crippen molar-refractivity contribution in [2.24, 2.45) is 0 Å². The SMILES string of the molecule is O=C1C[C@H](c2ccccc2)Cc2[nH]c(=O)c(-c3nc(-c4cccc(Cl)c4)cs3)cc21. The largest absolute Gasteiger partial charge is 0.325 e. The van der Waals surface area contributed by atoms with Gasteiger partial charge in [-0.1, -0.05) is 54.1 Å². The predicted molar refractivity (Wildman–Crippen MR) is 120 cm³/mol. The summed E-state index contributed by atoms with van der Waals surface area (Å²) in [6.07, 6.45) is 1.08. The highest BCUT2D eigenvalue weighted by molar-refractivity contribution is 7.13. The van der Waals surface area contributed by atoms with Crippen molar-refractivity contribution in [3.05, 3.63) is 98.2 Å². The molecule has 1 atom stereocenters. The molecule has 1 N–H and O–H groups in total. The average Bonchev–Trinajstić information content (AvgIpc) is 3.24. The number of pyridine rings is 1. The number of halogens is 1. The third-order valence-corrected chi connectivity index (χ3v) is 6.54. The van der Waals surface area contributed by atoms with Gasteiger partial charge in [-0.3, -0.25) is 9.59 Å². The molecule has 0 saturated heterocycles. The summed E-state index contributed by atoms with van der Waals surface area (Å²) in [5.41, 5.74) is 4.27. The van der Waals surface area contributed by atoms with Gasteiger partial charge in [-0.2, -0.15) is 0 Å². The van der Waals surface area contributed by atoms with Crippen molar-refractivity contribution in [3.63, 3.8) is 0 Å². The molecule has 0 fully saturated rings. The molecular formula is C24H17ClN2O2S. The van der Waals surface area contributed by atoms with Gasteiger partial charge < -0.3 is 4.98 Å². The molecule has 0 radical (unpaired) electrons. The number of aromatic nitrogens is 2. The number of hydrogen-bond acceptors (Lipinski definition) is 4. The lowest BCUT2D eigenvalue weighted by atomic mass is 9.81. The third kappa shape index (κ3) is 3.51. The topological polar surface area (TPSA) is 62.8 Å². The molecule has 1 aliphatic carbocycles. The van der Waals surface area contributed by atoms with E-state index in [2.05, 4.69) is 9.97 Å². The highest BCUT2D eigenvalue weighted by atomic mass is 35.5. The van der Waals surface area contributed by atoms with E-state index in [-0.39, 0.29) is 17.3 Å². The summed E-state index contributed by atoms with van der Waals surface area (Å²) in [4.78, 5) is 33.3. The van der Waals surface area contributed by atoms with E-state index in [4.69, 9.17) is 11.6 Å². The van der Waals surface area contributed by atoms with E-state index in [1.54, 1.807) is 12.1 Å². The van der Waals surface area contributed by atoms with E-state index in [1.165, 1.54) is 11.3 Å². The van der Waals surface area contributed by atoms with Crippen molar-refractivity contribution < 1.29 is 4.79 Å². The fraction of sp³-hybridized carbons (Fsp3) is 0.125. The zero-order chi connectivity index (χ0) is 20.7. The first-order valence-corrected chi connectivity index (χ1v) is 10.9. The van der Waals surface area contributed by atoms with Gasteiger partial charge in [0.2, 0.25) is 0 Å². The van der Waals surface area contributed by atoms with Crippen LogP contribution >= 0.6 is 22.9 Å². The van der Waals surface area contributed by atoms with E-state index >= 15 is 0 Å². The Hall–Kier alpha value is -3.02. The molecule has 148 valence electrons. The maximum Gasteiger partial charge on any atom is 0.258 e. The van der Waals surface area contributed by atoms with Crippen molar-refractivity contribution >= 4 is 28.7 Å². The molecule has 0 saturated carbocycles. The number of ketones is 1. The quantitative estimate of drug-likeness (QED) is 0.449. The highest BCUT2D eigenvalue weighted by Gasteiger charge is 2.28. The van der Waals surface area contributed by atoms with Crippen molar-refractivity contribution in [1.82, 2.24) is 9.97 Å². The van der Waals surface area contributed by atoms with E-state index in [0.717, 1.165) is 16.8 Å². The number of aromatic amines is 1. The molecule has 0 bridgehead atoms. The number of nitrogens with one attached hydrogen (secondary N) is 1. The Morgan fingerprint density at radius 3 is 2.60 bits per heavy atom. The second-order valence-electron chi connectivity index (χ2n) is 7.39. The lowest BCUT2D eigenvalue weighted by Gasteiger charge is -2.24. The van der Waals surface area contributed by atoms with Gasteiger partial charge in [-0.05, 0) is 36.1 Å². The minimum absolute atomic E-state index is 0.0502. The number of hydrogen-bond donors (Lipinski definition) is 1. The Kier molecular flexibility index (Phi) is 4.85. The summed E-state index contributed by atoms with van der Waals surface area (Å²) in [6, 6.07) is 19.1. The van der Waals surface area contributed by atoms with Gasteiger partial charge in [0.1, 0.15) is 5.01 Å². The van der Waals surface area contributed by atoms with Crippen molar-refractivity contribution in [1.29, 1.82) is 0 Å². The molecule has 5 rings (SSSR count). The van der Waals surface area contributed by atoms with Crippen LogP contribution in [0.4, 0.5) is 0 Å². The molecule has 0 amide bonds. The van der Waals surface area contributed by atoms with Crippen LogP contribution in [0, 0.1) is 0 Å². The molecule has 1 aliphatic rings. The van der Waals surface area contributed by atoms with Crippen LogP contribution in [0.15, 0.2) is 70.8 Å². The van der Waals surface area contributed by atoms with E-state index in [9.17, 15) is 9.59 Å². The first-order chi connectivity index (χ1) is 14.6. The number of Topliss-reactive ketones (excluding diaryl/α,β-unsaturated/α-hetero) is 1. The summed E-state index contributed by atoms with van der Waals surface area (Å²) < 4.78 is 0. The smallest absolute Gasteiger partial charge is 0.258 e. The Morgan fingerprint density at radius 2 is 1.80 bits per heavy atom. The minimum atomic E-state index is -0.220. The van der Waals surface area contributed by atoms with Crippen LogP contribution in [0.2, 0.25) is 5.02 Å². The van der Waals surface area contributed by atoms with Gasteiger partial charge >= 0.3 is 0 Å². The summed E-state index contributed by atoms with van der Waals surface area (Å²) in [6.45, 7) is 0. The maximum atomic E-state index is 12.9. The van der Waals surface area contributed by atoms with Crippen LogP contribution in [-0.2, 0) is 6.42 Å². The molecule has 0 aliphatic heterocycles. The second kappa shape index (κ2) is 7.67. The average molecular weight is 433 g/mol. The Balaban J connectivity index is 1.50. The van der Waals surface area contributed by atoms with Crippen LogP contribution in [-0.4, -0.2) is 15.8 Å². The molecule has 0 unspecified atom stereocenters. The number of carbonyl (C=O) groups excluding carboxylic acids is 1. The fourth-order valence-corrected chi connectivity index (χ4v) is 4.96. The van der Waals surface area contributed by atoms with Crippen LogP contribution in [0.1, 0.15) is 34.0 Å². The molecule has 2 aromatic carbocycles. The molecular weight excluding hydrogens is 416 g/mol. The lowest BCUT2D eigenvalue weighted by Crippen LogP contribution is -2.24. The number of nitrogens with zero attached hydrogens (tertiary/aromatic N) is 1. The van der Waals surface area contributed by atoms with Gasteiger partial charge in [0, 0.05) is 33.6 Å². The molecule has 30 heavy (non-hydrogen) atoms. The van der Waals surface area contributed by atoms with Crippen LogP contribution in [0.25, 0.3) is 21.8 Å². The highest BCUT2D eigenvalue weighted by Crippen LogP contribution is 2.34. The minimum Gasteiger partial charge on any atom is -0.325 e. The Bertz CT molecular complexity index is 1310. The molecule has 2 heterocycles. The van der Waals surface area contributed by atoms with E-state index in [0.29, 0.717) is 39.7 Å². The van der Waals surface area contributed by atoms with Gasteiger partial charge in [0.15, 0.2) is 5.78 Å². The Morgan fingerprint density at radius 1 is 0.967 bits per heavy atom. The van der Waals surface area contributed by atoms with E-state index in [1.807, 2.05) is 53.9 Å². The summed E-state index contributed by atoms with van der Waals surface area (Å²) in [5, 5.41) is 3.12. The number of fused-ring (bicyclic) bond motifs is 1. The summed E-state index contributed by atoms with van der Waals surface area (Å²) >= 11 is 7.46. The van der Waals surface area contributed by atoms with Gasteiger partial charge in [-0.25, -0.2) is 4.98 Å². The number of thiazole rings is 1.